The number of aryl methyl sites for hydroxylation is 1. The van der Waals surface area contributed by atoms with Crippen molar-refractivity contribution in [1.29, 1.82) is 0 Å². The summed E-state index contributed by atoms with van der Waals surface area (Å²) in [4.78, 5) is 12.0. The Morgan fingerprint density at radius 2 is 2.14 bits per heavy atom. The van der Waals surface area contributed by atoms with Gasteiger partial charge < -0.3 is 10.1 Å². The van der Waals surface area contributed by atoms with E-state index in [1.165, 1.54) is 0 Å². The van der Waals surface area contributed by atoms with Gasteiger partial charge in [0.15, 0.2) is 6.61 Å². The van der Waals surface area contributed by atoms with Crippen LogP contribution in [-0.2, 0) is 4.79 Å². The third-order valence-corrected chi connectivity index (χ3v) is 3.64. The van der Waals surface area contributed by atoms with Gasteiger partial charge in [0.1, 0.15) is 5.75 Å². The van der Waals surface area contributed by atoms with Gasteiger partial charge in [0.25, 0.3) is 5.91 Å². The van der Waals surface area contributed by atoms with Gasteiger partial charge in [0.05, 0.1) is 11.7 Å². The summed E-state index contributed by atoms with van der Waals surface area (Å²) >= 11 is 0. The van der Waals surface area contributed by atoms with Crippen LogP contribution in [0.5, 0.6) is 5.75 Å². The van der Waals surface area contributed by atoms with Crippen LogP contribution in [-0.4, -0.2) is 22.7 Å². The maximum Gasteiger partial charge on any atom is 0.262 e. The number of carbonyl (C=O) groups excluding carboxylic acids is 1. The fourth-order valence-electron chi connectivity index (χ4n) is 2.24. The maximum atomic E-state index is 12.0. The third-order valence-electron chi connectivity index (χ3n) is 3.64. The van der Waals surface area contributed by atoms with Gasteiger partial charge in [-0.15, -0.1) is 0 Å². The molecule has 5 heteroatoms. The average Bonchev–Trinajstić information content (AvgIpc) is 2.96. The normalized spacial score (nSPS) is 10.6. The minimum absolute atomic E-state index is 0.0201. The number of hydrogen-bond donors (Lipinski definition) is 2. The van der Waals surface area contributed by atoms with Crippen molar-refractivity contribution in [3.63, 3.8) is 0 Å². The summed E-state index contributed by atoms with van der Waals surface area (Å²) in [7, 11) is 0. The van der Waals surface area contributed by atoms with E-state index < -0.39 is 0 Å². The molecule has 1 heterocycles. The Labute approximate surface area is 128 Å². The lowest BCUT2D eigenvalue weighted by Gasteiger charge is -2.11. The van der Waals surface area contributed by atoms with Crippen molar-refractivity contribution in [2.24, 2.45) is 0 Å². The van der Waals surface area contributed by atoms with Gasteiger partial charge in [-0.05, 0) is 49.2 Å². The number of H-pyrrole nitrogens is 1. The Kier molecular flexibility index (Phi) is 3.78. The molecule has 3 aromatic rings. The molecule has 1 aromatic heterocycles. The zero-order valence-corrected chi connectivity index (χ0v) is 12.5. The monoisotopic (exact) mass is 295 g/mol. The predicted octanol–water partition coefficient (Wildman–Crippen LogP) is 3.20. The smallest absolute Gasteiger partial charge is 0.262 e. The second-order valence-corrected chi connectivity index (χ2v) is 5.21. The van der Waals surface area contributed by atoms with E-state index in [-0.39, 0.29) is 12.5 Å². The Morgan fingerprint density at radius 1 is 1.27 bits per heavy atom. The number of amides is 1. The number of aromatic nitrogens is 2. The fourth-order valence-corrected chi connectivity index (χ4v) is 2.24. The summed E-state index contributed by atoms with van der Waals surface area (Å²) in [5.41, 5.74) is 3.85. The third kappa shape index (κ3) is 2.93. The number of nitrogens with zero attached hydrogens (tertiary/aromatic N) is 1. The van der Waals surface area contributed by atoms with E-state index in [2.05, 4.69) is 15.5 Å². The topological polar surface area (TPSA) is 67.0 Å². The Bertz CT molecular complexity index is 824. The van der Waals surface area contributed by atoms with Crippen LogP contribution in [0, 0.1) is 13.8 Å². The van der Waals surface area contributed by atoms with Gasteiger partial charge in [-0.25, -0.2) is 0 Å². The number of rotatable bonds is 4. The molecule has 0 aliphatic rings. The standard InChI is InChI=1S/C17H17N3O2/c1-11-4-3-5-16(12(11)2)22-10-17(21)19-14-6-7-15-13(8-14)9-18-20-15/h3-9H,10H2,1-2H3,(H,18,20)(H,19,21). The molecule has 0 radical (unpaired) electrons. The van der Waals surface area contributed by atoms with E-state index in [0.717, 1.165) is 33.5 Å². The molecular weight excluding hydrogens is 278 g/mol. The highest BCUT2D eigenvalue weighted by molar-refractivity contribution is 5.94. The minimum Gasteiger partial charge on any atom is -0.483 e. The number of aromatic amines is 1. The van der Waals surface area contributed by atoms with E-state index >= 15 is 0 Å². The molecule has 0 aliphatic heterocycles. The molecule has 0 atom stereocenters. The first-order valence-corrected chi connectivity index (χ1v) is 7.05. The van der Waals surface area contributed by atoms with E-state index in [1.54, 1.807) is 6.20 Å². The molecule has 2 N–H and O–H groups in total. The van der Waals surface area contributed by atoms with Crippen molar-refractivity contribution in [1.82, 2.24) is 10.2 Å². The molecule has 3 rings (SSSR count). The van der Waals surface area contributed by atoms with E-state index in [0.29, 0.717) is 0 Å². The van der Waals surface area contributed by atoms with Crippen LogP contribution < -0.4 is 10.1 Å². The van der Waals surface area contributed by atoms with Crippen LogP contribution in [0.15, 0.2) is 42.6 Å². The van der Waals surface area contributed by atoms with E-state index in [1.807, 2.05) is 50.2 Å². The number of fused-ring (bicyclic) bond motifs is 1. The highest BCUT2D eigenvalue weighted by atomic mass is 16.5. The molecule has 0 saturated heterocycles. The second kappa shape index (κ2) is 5.89. The lowest BCUT2D eigenvalue weighted by Crippen LogP contribution is -2.20. The lowest BCUT2D eigenvalue weighted by atomic mass is 10.1. The largest absolute Gasteiger partial charge is 0.483 e. The highest BCUT2D eigenvalue weighted by Crippen LogP contribution is 2.21. The van der Waals surface area contributed by atoms with Crippen LogP contribution >= 0.6 is 0 Å². The Balaban J connectivity index is 1.63. The Morgan fingerprint density at radius 3 is 3.00 bits per heavy atom. The molecule has 0 fully saturated rings. The maximum absolute atomic E-state index is 12.0. The average molecular weight is 295 g/mol. The number of ether oxygens (including phenoxy) is 1. The first-order valence-electron chi connectivity index (χ1n) is 7.05. The van der Waals surface area contributed by atoms with Gasteiger partial charge in [-0.2, -0.15) is 5.10 Å². The van der Waals surface area contributed by atoms with Crippen molar-refractivity contribution < 1.29 is 9.53 Å². The summed E-state index contributed by atoms with van der Waals surface area (Å²) in [5, 5.41) is 10.6. The summed E-state index contributed by atoms with van der Waals surface area (Å²) < 4.78 is 5.59. The zero-order chi connectivity index (χ0) is 15.5. The number of nitrogens with one attached hydrogen (secondary N) is 2. The molecule has 22 heavy (non-hydrogen) atoms. The summed E-state index contributed by atoms with van der Waals surface area (Å²) in [6.07, 6.45) is 1.72. The first-order chi connectivity index (χ1) is 10.6. The second-order valence-electron chi connectivity index (χ2n) is 5.21. The van der Waals surface area contributed by atoms with Crippen LogP contribution in [0.4, 0.5) is 5.69 Å². The minimum atomic E-state index is -0.191. The van der Waals surface area contributed by atoms with Gasteiger partial charge in [-0.3, -0.25) is 9.89 Å². The quantitative estimate of drug-likeness (QED) is 0.776. The van der Waals surface area contributed by atoms with Crippen molar-refractivity contribution >= 4 is 22.5 Å². The van der Waals surface area contributed by atoms with Gasteiger partial charge >= 0.3 is 0 Å². The summed E-state index contributed by atoms with van der Waals surface area (Å²) in [5.74, 6) is 0.546. The van der Waals surface area contributed by atoms with Crippen LogP contribution in [0.25, 0.3) is 10.9 Å². The van der Waals surface area contributed by atoms with Gasteiger partial charge in [0.2, 0.25) is 0 Å². The molecule has 5 nitrogen and oxygen atoms in total. The lowest BCUT2D eigenvalue weighted by molar-refractivity contribution is -0.118. The molecule has 0 bridgehead atoms. The molecule has 0 spiro atoms. The van der Waals surface area contributed by atoms with Crippen molar-refractivity contribution in [3.05, 3.63) is 53.7 Å². The van der Waals surface area contributed by atoms with E-state index in [9.17, 15) is 4.79 Å². The number of anilines is 1. The van der Waals surface area contributed by atoms with Crippen LogP contribution in [0.3, 0.4) is 0 Å². The van der Waals surface area contributed by atoms with Crippen molar-refractivity contribution in [3.8, 4) is 5.75 Å². The Hall–Kier alpha value is -2.82. The number of benzene rings is 2. The molecule has 1 amide bonds. The molecule has 112 valence electrons. The van der Waals surface area contributed by atoms with Gasteiger partial charge in [-0.1, -0.05) is 12.1 Å². The van der Waals surface area contributed by atoms with E-state index in [4.69, 9.17) is 4.74 Å². The van der Waals surface area contributed by atoms with Crippen molar-refractivity contribution in [2.45, 2.75) is 13.8 Å². The first kappa shape index (κ1) is 14.1. The summed E-state index contributed by atoms with van der Waals surface area (Å²) in [6, 6.07) is 11.4. The SMILES string of the molecule is Cc1cccc(OCC(=O)Nc2ccc3[nH]ncc3c2)c1C. The predicted molar refractivity (Wildman–Crippen MR) is 86.1 cm³/mol. The van der Waals surface area contributed by atoms with Gasteiger partial charge in [0, 0.05) is 11.1 Å². The summed E-state index contributed by atoms with van der Waals surface area (Å²) in [6.45, 7) is 3.98. The zero-order valence-electron chi connectivity index (χ0n) is 12.5. The van der Waals surface area contributed by atoms with Crippen molar-refractivity contribution in [2.75, 3.05) is 11.9 Å². The molecule has 0 unspecified atom stereocenters. The molecular formula is C17H17N3O2. The molecule has 0 saturated carbocycles. The molecule has 2 aromatic carbocycles. The number of hydrogen-bond acceptors (Lipinski definition) is 3. The van der Waals surface area contributed by atoms with Crippen LogP contribution in [0.1, 0.15) is 11.1 Å². The molecule has 0 aliphatic carbocycles. The fraction of sp³-hybridized carbons (Fsp3) is 0.176. The van der Waals surface area contributed by atoms with Crippen LogP contribution in [0.2, 0.25) is 0 Å². The highest BCUT2D eigenvalue weighted by Gasteiger charge is 2.07. The number of carbonyl (C=O) groups is 1.